The number of thioether (sulfide) groups is 1. The van der Waals surface area contributed by atoms with E-state index in [0.717, 1.165) is 11.1 Å². The molecule has 4 aromatic rings. The highest BCUT2D eigenvalue weighted by molar-refractivity contribution is 7.99. The fourth-order valence-corrected chi connectivity index (χ4v) is 5.13. The molecule has 1 aliphatic rings. The van der Waals surface area contributed by atoms with Gasteiger partial charge in [0.1, 0.15) is 5.56 Å². The average Bonchev–Trinajstić information content (AvgIpc) is 3.02. The van der Waals surface area contributed by atoms with Crippen molar-refractivity contribution in [3.8, 4) is 0 Å². The van der Waals surface area contributed by atoms with Crippen LogP contribution in [0.1, 0.15) is 45.9 Å². The number of aliphatic hydroxyl groups is 1. The van der Waals surface area contributed by atoms with E-state index in [0.29, 0.717) is 22.9 Å². The van der Waals surface area contributed by atoms with Gasteiger partial charge < -0.3 is 19.9 Å². The average molecular weight is 604 g/mol. The summed E-state index contributed by atoms with van der Waals surface area (Å²) in [6, 6.07) is 14.9. The van der Waals surface area contributed by atoms with Gasteiger partial charge in [0.2, 0.25) is 5.82 Å². The van der Waals surface area contributed by atoms with Crippen LogP contribution in [-0.2, 0) is 16.1 Å². The van der Waals surface area contributed by atoms with Crippen LogP contribution in [0.2, 0.25) is 0 Å². The van der Waals surface area contributed by atoms with E-state index in [1.54, 1.807) is 36.7 Å². The number of hydrogen-bond acceptors (Lipinski definition) is 7. The third-order valence-corrected chi connectivity index (χ3v) is 7.42. The molecule has 1 fully saturated rings. The maximum Gasteiger partial charge on any atom is 0.261 e. The number of carbonyl (C=O) groups excluding carboxylic acids is 1. The molecule has 1 saturated heterocycles. The molecule has 0 bridgehead atoms. The van der Waals surface area contributed by atoms with Crippen molar-refractivity contribution in [1.29, 1.82) is 0 Å². The molecule has 7 nitrogen and oxygen atoms in total. The molecule has 13 heteroatoms. The molecule has 42 heavy (non-hydrogen) atoms. The fourth-order valence-electron chi connectivity index (χ4n) is 4.31. The number of aliphatic hydroxyl groups excluding tert-OH is 1. The van der Waals surface area contributed by atoms with Crippen LogP contribution in [0.15, 0.2) is 72.1 Å². The van der Waals surface area contributed by atoms with E-state index >= 15 is 0 Å². The standard InChI is InChI=1S/C29H22F5N3O4S/c30-22-21(23(31)25(33)26(34)24(22)32)27(39)37-18-4-1-3-17(11-18)28-40-19(14-42-29-35-9-2-10-36-29)12-20(41-28)16-7-5-15(13-38)6-8-16/h1-11,19-20,28,38H,12-14H2,(H,37,39). The number of anilines is 1. The number of aromatic nitrogens is 2. The van der Waals surface area contributed by atoms with Crippen LogP contribution in [0.5, 0.6) is 0 Å². The number of halogens is 5. The first-order valence-corrected chi connectivity index (χ1v) is 13.6. The highest BCUT2D eigenvalue weighted by Gasteiger charge is 2.33. The van der Waals surface area contributed by atoms with E-state index in [2.05, 4.69) is 15.3 Å². The summed E-state index contributed by atoms with van der Waals surface area (Å²) in [6.45, 7) is -0.114. The molecular weight excluding hydrogens is 581 g/mol. The Hall–Kier alpha value is -3.91. The third kappa shape index (κ3) is 6.44. The number of amides is 1. The first-order valence-electron chi connectivity index (χ1n) is 12.6. The quantitative estimate of drug-likeness (QED) is 0.0808. The van der Waals surface area contributed by atoms with Gasteiger partial charge >= 0.3 is 0 Å². The molecule has 2 N–H and O–H groups in total. The Balaban J connectivity index is 1.38. The molecule has 218 valence electrons. The highest BCUT2D eigenvalue weighted by atomic mass is 32.2. The van der Waals surface area contributed by atoms with Gasteiger partial charge in [-0.05, 0) is 29.3 Å². The first kappa shape index (κ1) is 29.6. The molecule has 1 amide bonds. The van der Waals surface area contributed by atoms with Gasteiger partial charge in [0, 0.05) is 35.8 Å². The van der Waals surface area contributed by atoms with Crippen molar-refractivity contribution < 1.29 is 41.3 Å². The van der Waals surface area contributed by atoms with Crippen LogP contribution in [0.4, 0.5) is 27.6 Å². The van der Waals surface area contributed by atoms with Gasteiger partial charge in [-0.3, -0.25) is 4.79 Å². The number of hydrogen-bond donors (Lipinski definition) is 2. The molecule has 2 heterocycles. The van der Waals surface area contributed by atoms with Gasteiger partial charge in [-0.2, -0.15) is 0 Å². The topological polar surface area (TPSA) is 93.6 Å². The number of carbonyl (C=O) groups is 1. The lowest BCUT2D eigenvalue weighted by Gasteiger charge is -2.36. The van der Waals surface area contributed by atoms with Crippen molar-refractivity contribution in [2.45, 2.75) is 36.7 Å². The Morgan fingerprint density at radius 2 is 1.55 bits per heavy atom. The second-order valence-electron chi connectivity index (χ2n) is 9.22. The van der Waals surface area contributed by atoms with Crippen molar-refractivity contribution in [2.75, 3.05) is 11.1 Å². The lowest BCUT2D eigenvalue weighted by molar-refractivity contribution is -0.245. The van der Waals surface area contributed by atoms with Crippen LogP contribution in [0, 0.1) is 29.1 Å². The Bertz CT molecular complexity index is 1550. The summed E-state index contributed by atoms with van der Waals surface area (Å²) in [5.41, 5.74) is 0.392. The zero-order valence-corrected chi connectivity index (χ0v) is 22.4. The number of rotatable bonds is 8. The summed E-state index contributed by atoms with van der Waals surface area (Å²) in [7, 11) is 0. The summed E-state index contributed by atoms with van der Waals surface area (Å²) in [4.78, 5) is 21.0. The lowest BCUT2D eigenvalue weighted by Crippen LogP contribution is -2.31. The predicted molar refractivity (Wildman–Crippen MR) is 142 cm³/mol. The van der Waals surface area contributed by atoms with Gasteiger partial charge in [-0.25, -0.2) is 31.9 Å². The smallest absolute Gasteiger partial charge is 0.261 e. The molecule has 0 radical (unpaired) electrons. The normalized spacial score (nSPS) is 18.6. The number of nitrogens with one attached hydrogen (secondary N) is 1. The zero-order valence-electron chi connectivity index (χ0n) is 21.6. The summed E-state index contributed by atoms with van der Waals surface area (Å²) in [6.07, 6.45) is 2.01. The predicted octanol–water partition coefficient (Wildman–Crippen LogP) is 6.25. The maximum absolute atomic E-state index is 14.2. The molecule has 1 aliphatic heterocycles. The second kappa shape index (κ2) is 12.9. The molecule has 3 atom stereocenters. The Labute approximate surface area is 240 Å². The fraction of sp³-hybridized carbons (Fsp3) is 0.207. The molecular formula is C29H22F5N3O4S. The Morgan fingerprint density at radius 1 is 0.881 bits per heavy atom. The third-order valence-electron chi connectivity index (χ3n) is 6.41. The van der Waals surface area contributed by atoms with Crippen LogP contribution in [0.3, 0.4) is 0 Å². The van der Waals surface area contributed by atoms with E-state index in [-0.39, 0.29) is 18.4 Å². The molecule has 0 spiro atoms. The van der Waals surface area contributed by atoms with Crippen molar-refractivity contribution >= 4 is 23.4 Å². The summed E-state index contributed by atoms with van der Waals surface area (Å²) in [5, 5.41) is 12.1. The number of ether oxygens (including phenoxy) is 2. The molecule has 0 aliphatic carbocycles. The van der Waals surface area contributed by atoms with E-state index in [9.17, 15) is 31.9 Å². The van der Waals surface area contributed by atoms with Crippen molar-refractivity contribution in [2.24, 2.45) is 0 Å². The minimum Gasteiger partial charge on any atom is -0.392 e. The Kier molecular flexibility index (Phi) is 9.12. The summed E-state index contributed by atoms with van der Waals surface area (Å²) >= 11 is 1.39. The first-order chi connectivity index (χ1) is 20.2. The van der Waals surface area contributed by atoms with E-state index in [1.165, 1.54) is 30.0 Å². The molecule has 5 rings (SSSR count). The van der Waals surface area contributed by atoms with E-state index < -0.39 is 53.0 Å². The minimum atomic E-state index is -2.36. The molecule has 0 saturated carbocycles. The molecule has 3 aromatic carbocycles. The SMILES string of the molecule is O=C(Nc1cccc(C2OC(CSc3ncccn3)CC(c3ccc(CO)cc3)O2)c1)c1c(F)c(F)c(F)c(F)c1F. The van der Waals surface area contributed by atoms with Crippen LogP contribution in [0.25, 0.3) is 0 Å². The van der Waals surface area contributed by atoms with Crippen LogP contribution in [-0.4, -0.2) is 32.8 Å². The van der Waals surface area contributed by atoms with Gasteiger partial charge in [0.25, 0.3) is 5.91 Å². The van der Waals surface area contributed by atoms with Gasteiger partial charge in [0.15, 0.2) is 34.7 Å². The van der Waals surface area contributed by atoms with Gasteiger partial charge in [-0.1, -0.05) is 48.2 Å². The number of nitrogens with zero attached hydrogens (tertiary/aromatic N) is 2. The zero-order chi connectivity index (χ0) is 29.8. The Morgan fingerprint density at radius 3 is 2.21 bits per heavy atom. The van der Waals surface area contributed by atoms with Gasteiger partial charge in [0.05, 0.1) is 18.8 Å². The van der Waals surface area contributed by atoms with Gasteiger partial charge in [-0.15, -0.1) is 0 Å². The number of benzene rings is 3. The van der Waals surface area contributed by atoms with E-state index in [1.807, 2.05) is 12.1 Å². The maximum atomic E-state index is 14.2. The van der Waals surface area contributed by atoms with Crippen molar-refractivity contribution in [1.82, 2.24) is 9.97 Å². The summed E-state index contributed by atoms with van der Waals surface area (Å²) < 4.78 is 81.5. The lowest BCUT2D eigenvalue weighted by atomic mass is 10.0. The minimum absolute atomic E-state index is 0.00618. The van der Waals surface area contributed by atoms with Crippen LogP contribution < -0.4 is 5.32 Å². The largest absolute Gasteiger partial charge is 0.392 e. The molecule has 3 unspecified atom stereocenters. The summed E-state index contributed by atoms with van der Waals surface area (Å²) in [5.74, 6) is -12.3. The monoisotopic (exact) mass is 603 g/mol. The van der Waals surface area contributed by atoms with E-state index in [4.69, 9.17) is 9.47 Å². The second-order valence-corrected chi connectivity index (χ2v) is 10.2. The van der Waals surface area contributed by atoms with Crippen molar-refractivity contribution in [3.05, 3.63) is 118 Å². The van der Waals surface area contributed by atoms with Crippen LogP contribution >= 0.6 is 11.8 Å². The highest BCUT2D eigenvalue weighted by Crippen LogP contribution is 2.39. The van der Waals surface area contributed by atoms with Crippen molar-refractivity contribution in [3.63, 3.8) is 0 Å². The molecule has 1 aromatic heterocycles.